The molecule has 0 fully saturated rings. The number of amides is 1. The number of hydrogen-bond acceptors (Lipinski definition) is 4. The number of nitrogens with zero attached hydrogens (tertiary/aromatic N) is 1. The normalized spacial score (nSPS) is 10.2. The lowest BCUT2D eigenvalue weighted by molar-refractivity contribution is -0.385. The maximum Gasteiger partial charge on any atom is 0.311 e. The Morgan fingerprint density at radius 2 is 2.04 bits per heavy atom. The van der Waals surface area contributed by atoms with Crippen molar-refractivity contribution in [3.8, 4) is 5.75 Å². The van der Waals surface area contributed by atoms with E-state index in [2.05, 4.69) is 21.2 Å². The third-order valence-electron chi connectivity index (χ3n) is 3.28. The molecule has 0 aliphatic rings. The number of methoxy groups -OCH3 is 1. The molecule has 0 heterocycles. The smallest absolute Gasteiger partial charge is 0.311 e. The van der Waals surface area contributed by atoms with E-state index in [4.69, 9.17) is 4.74 Å². The average Bonchev–Trinajstić information content (AvgIpc) is 2.55. The number of rotatable bonds is 6. The van der Waals surface area contributed by atoms with Crippen molar-refractivity contribution in [1.29, 1.82) is 0 Å². The van der Waals surface area contributed by atoms with Gasteiger partial charge in [0.2, 0.25) is 0 Å². The molecule has 23 heavy (non-hydrogen) atoms. The Balaban J connectivity index is 2.02. The highest BCUT2D eigenvalue weighted by molar-refractivity contribution is 9.10. The van der Waals surface area contributed by atoms with E-state index < -0.39 is 4.92 Å². The van der Waals surface area contributed by atoms with E-state index in [-0.39, 0.29) is 22.9 Å². The zero-order valence-electron chi connectivity index (χ0n) is 12.4. The first kappa shape index (κ1) is 17.0. The lowest BCUT2D eigenvalue weighted by atomic mass is 10.1. The minimum atomic E-state index is -0.573. The van der Waals surface area contributed by atoms with Crippen LogP contribution in [0.3, 0.4) is 0 Å². The second-order valence-electron chi connectivity index (χ2n) is 4.74. The zero-order valence-corrected chi connectivity index (χ0v) is 14.0. The molecular formula is C16H15BrN2O4. The van der Waals surface area contributed by atoms with Gasteiger partial charge in [-0.05, 0) is 30.2 Å². The summed E-state index contributed by atoms with van der Waals surface area (Å²) in [5.41, 5.74) is 1.07. The fraction of sp³-hybridized carbons (Fsp3) is 0.188. The Morgan fingerprint density at radius 3 is 2.70 bits per heavy atom. The number of carbonyl (C=O) groups is 1. The van der Waals surface area contributed by atoms with Crippen LogP contribution in [0.15, 0.2) is 46.9 Å². The number of ether oxygens (including phenoxy) is 1. The van der Waals surface area contributed by atoms with Gasteiger partial charge < -0.3 is 10.1 Å². The summed E-state index contributed by atoms with van der Waals surface area (Å²) in [5.74, 6) is -0.234. The van der Waals surface area contributed by atoms with Crippen LogP contribution in [0, 0.1) is 10.1 Å². The minimum absolute atomic E-state index is 0.125. The number of carbonyl (C=O) groups excluding carboxylic acids is 1. The molecule has 0 radical (unpaired) electrons. The van der Waals surface area contributed by atoms with Crippen molar-refractivity contribution in [2.45, 2.75) is 6.42 Å². The van der Waals surface area contributed by atoms with Crippen molar-refractivity contribution >= 4 is 27.5 Å². The lowest BCUT2D eigenvalue weighted by Gasteiger charge is -2.08. The molecule has 1 amide bonds. The minimum Gasteiger partial charge on any atom is -0.490 e. The molecule has 120 valence electrons. The molecule has 2 aromatic carbocycles. The third-order valence-corrected chi connectivity index (χ3v) is 4.05. The van der Waals surface area contributed by atoms with Crippen LogP contribution in [0.2, 0.25) is 0 Å². The van der Waals surface area contributed by atoms with Gasteiger partial charge >= 0.3 is 5.69 Å². The molecule has 2 rings (SSSR count). The monoisotopic (exact) mass is 378 g/mol. The molecule has 1 N–H and O–H groups in total. The largest absolute Gasteiger partial charge is 0.490 e. The summed E-state index contributed by atoms with van der Waals surface area (Å²) < 4.78 is 5.90. The third kappa shape index (κ3) is 4.29. The first-order chi connectivity index (χ1) is 11.0. The molecule has 7 heteroatoms. The van der Waals surface area contributed by atoms with Crippen LogP contribution in [0.5, 0.6) is 5.75 Å². The molecule has 0 atom stereocenters. The number of nitrogens with one attached hydrogen (secondary N) is 1. The second-order valence-corrected chi connectivity index (χ2v) is 5.60. The van der Waals surface area contributed by atoms with Crippen LogP contribution in [0.1, 0.15) is 15.9 Å². The molecule has 0 spiro atoms. The highest BCUT2D eigenvalue weighted by Gasteiger charge is 2.17. The van der Waals surface area contributed by atoms with Crippen LogP contribution < -0.4 is 10.1 Å². The van der Waals surface area contributed by atoms with Crippen LogP contribution in [0.4, 0.5) is 5.69 Å². The van der Waals surface area contributed by atoms with Gasteiger partial charge in [0.1, 0.15) is 0 Å². The molecule has 0 unspecified atom stereocenters. The van der Waals surface area contributed by atoms with Crippen molar-refractivity contribution in [3.63, 3.8) is 0 Å². The van der Waals surface area contributed by atoms with E-state index >= 15 is 0 Å². The molecule has 0 bridgehead atoms. The summed E-state index contributed by atoms with van der Waals surface area (Å²) in [6, 6.07) is 11.9. The average molecular weight is 379 g/mol. The Bertz CT molecular complexity index is 734. The zero-order chi connectivity index (χ0) is 16.8. The first-order valence-corrected chi connectivity index (χ1v) is 7.66. The predicted molar refractivity (Wildman–Crippen MR) is 89.8 cm³/mol. The van der Waals surface area contributed by atoms with Gasteiger partial charge in [0.05, 0.1) is 12.0 Å². The molecule has 2 aromatic rings. The van der Waals surface area contributed by atoms with Crippen LogP contribution in [-0.4, -0.2) is 24.5 Å². The van der Waals surface area contributed by atoms with Gasteiger partial charge in [-0.1, -0.05) is 34.1 Å². The van der Waals surface area contributed by atoms with Crippen molar-refractivity contribution < 1.29 is 14.5 Å². The molecule has 0 aromatic heterocycles. The lowest BCUT2D eigenvalue weighted by Crippen LogP contribution is -2.25. The Kier molecular flexibility index (Phi) is 5.70. The predicted octanol–water partition coefficient (Wildman–Crippen LogP) is 3.34. The molecule has 0 saturated carbocycles. The summed E-state index contributed by atoms with van der Waals surface area (Å²) in [6.45, 7) is 0.432. The number of nitro benzene ring substituents is 1. The van der Waals surface area contributed by atoms with Crippen LogP contribution in [0.25, 0.3) is 0 Å². The van der Waals surface area contributed by atoms with Gasteiger partial charge in [-0.2, -0.15) is 0 Å². The summed E-state index contributed by atoms with van der Waals surface area (Å²) in [6.07, 6.45) is 0.658. The van der Waals surface area contributed by atoms with E-state index in [1.807, 2.05) is 24.3 Å². The molecule has 0 saturated heterocycles. The van der Waals surface area contributed by atoms with Crippen LogP contribution in [-0.2, 0) is 6.42 Å². The Labute approximate surface area is 141 Å². The topological polar surface area (TPSA) is 81.5 Å². The Morgan fingerprint density at radius 1 is 1.30 bits per heavy atom. The standard InChI is InChI=1S/C16H15BrN2O4/c1-23-15-7-6-12(10-14(15)19(21)22)16(20)18-9-8-11-4-2-3-5-13(11)17/h2-7,10H,8-9H2,1H3,(H,18,20). The summed E-state index contributed by atoms with van der Waals surface area (Å²) in [4.78, 5) is 22.5. The number of halogens is 1. The maximum atomic E-state index is 12.1. The number of nitro groups is 1. The van der Waals surface area contributed by atoms with Crippen LogP contribution >= 0.6 is 15.9 Å². The maximum absolute atomic E-state index is 12.1. The van der Waals surface area contributed by atoms with E-state index in [9.17, 15) is 14.9 Å². The van der Waals surface area contributed by atoms with E-state index in [0.717, 1.165) is 10.0 Å². The molecule has 0 aliphatic heterocycles. The summed E-state index contributed by atoms with van der Waals surface area (Å²) >= 11 is 3.45. The first-order valence-electron chi connectivity index (χ1n) is 6.87. The molecule has 6 nitrogen and oxygen atoms in total. The summed E-state index contributed by atoms with van der Waals surface area (Å²) in [5, 5.41) is 13.7. The van der Waals surface area contributed by atoms with Gasteiger partial charge in [-0.15, -0.1) is 0 Å². The Hall–Kier alpha value is -2.41. The van der Waals surface area contributed by atoms with Crippen molar-refractivity contribution in [3.05, 3.63) is 68.2 Å². The fourth-order valence-corrected chi connectivity index (χ4v) is 2.57. The SMILES string of the molecule is COc1ccc(C(=O)NCCc2ccccc2Br)cc1[N+](=O)[O-]. The highest BCUT2D eigenvalue weighted by atomic mass is 79.9. The molecular weight excluding hydrogens is 364 g/mol. The van der Waals surface area contributed by atoms with Crippen molar-refractivity contribution in [2.75, 3.05) is 13.7 Å². The number of hydrogen-bond donors (Lipinski definition) is 1. The number of benzene rings is 2. The fourth-order valence-electron chi connectivity index (χ4n) is 2.09. The van der Waals surface area contributed by atoms with Gasteiger partial charge in [0.15, 0.2) is 5.75 Å². The van der Waals surface area contributed by atoms with Gasteiger partial charge in [0.25, 0.3) is 5.91 Å². The highest BCUT2D eigenvalue weighted by Crippen LogP contribution is 2.27. The summed E-state index contributed by atoms with van der Waals surface area (Å²) in [7, 11) is 1.35. The van der Waals surface area contributed by atoms with Gasteiger partial charge in [0, 0.05) is 22.6 Å². The second kappa shape index (κ2) is 7.73. The molecule has 0 aliphatic carbocycles. The quantitative estimate of drug-likeness (QED) is 0.617. The van der Waals surface area contributed by atoms with Crippen molar-refractivity contribution in [1.82, 2.24) is 5.32 Å². The van der Waals surface area contributed by atoms with Crippen molar-refractivity contribution in [2.24, 2.45) is 0 Å². The van der Waals surface area contributed by atoms with Gasteiger partial charge in [-0.25, -0.2) is 0 Å². The van der Waals surface area contributed by atoms with E-state index in [1.54, 1.807) is 0 Å². The van der Waals surface area contributed by atoms with Gasteiger partial charge in [-0.3, -0.25) is 14.9 Å². The van der Waals surface area contributed by atoms with E-state index in [1.165, 1.54) is 25.3 Å². The van der Waals surface area contributed by atoms with E-state index in [0.29, 0.717) is 13.0 Å².